The zero-order chi connectivity index (χ0) is 20.8. The fraction of sp³-hybridized carbons (Fsp3) is 0.182. The summed E-state index contributed by atoms with van der Waals surface area (Å²) in [5, 5.41) is 1.84. The van der Waals surface area contributed by atoms with Crippen molar-refractivity contribution in [3.05, 3.63) is 70.4 Å². The van der Waals surface area contributed by atoms with Gasteiger partial charge in [0.05, 0.1) is 13.2 Å². The number of hydrogen-bond donors (Lipinski definition) is 2. The largest absolute Gasteiger partial charge is 0.493 e. The van der Waals surface area contributed by atoms with Gasteiger partial charge in [0.2, 0.25) is 0 Å². The Morgan fingerprint density at radius 2 is 1.66 bits per heavy atom. The van der Waals surface area contributed by atoms with Crippen molar-refractivity contribution >= 4 is 23.2 Å². The van der Waals surface area contributed by atoms with Crippen molar-refractivity contribution < 1.29 is 19.1 Å². The minimum absolute atomic E-state index is 0.0209. The Bertz CT molecular complexity index is 999. The van der Waals surface area contributed by atoms with Gasteiger partial charge in [-0.05, 0) is 49.1 Å². The number of hydrogen-bond acceptors (Lipinski definition) is 5. The molecule has 0 unspecified atom stereocenters. The number of ether oxygens (including phenoxy) is 2. The predicted octanol–water partition coefficient (Wildman–Crippen LogP) is 4.29. The van der Waals surface area contributed by atoms with Gasteiger partial charge in [-0.2, -0.15) is 0 Å². The molecule has 0 fully saturated rings. The Kier molecular flexibility index (Phi) is 6.51. The zero-order valence-electron chi connectivity index (χ0n) is 16.4. The van der Waals surface area contributed by atoms with E-state index in [-0.39, 0.29) is 12.0 Å². The number of thiophene rings is 1. The van der Waals surface area contributed by atoms with Gasteiger partial charge in [0.15, 0.2) is 11.5 Å². The van der Waals surface area contributed by atoms with E-state index in [0.29, 0.717) is 21.9 Å². The van der Waals surface area contributed by atoms with Crippen molar-refractivity contribution in [2.45, 2.75) is 20.0 Å². The van der Waals surface area contributed by atoms with Gasteiger partial charge in [-0.25, -0.2) is 0 Å². The first-order valence-electron chi connectivity index (χ1n) is 9.08. The van der Waals surface area contributed by atoms with E-state index >= 15 is 0 Å². The van der Waals surface area contributed by atoms with Crippen LogP contribution in [0.1, 0.15) is 33.9 Å². The molecule has 2 aromatic carbocycles. The molecule has 0 aliphatic carbocycles. The Morgan fingerprint density at radius 3 is 2.34 bits per heavy atom. The molecule has 0 atom stereocenters. The van der Waals surface area contributed by atoms with Crippen LogP contribution in [0.4, 0.5) is 0 Å². The van der Waals surface area contributed by atoms with Gasteiger partial charge in [-0.3, -0.25) is 20.4 Å². The summed E-state index contributed by atoms with van der Waals surface area (Å²) in [6.07, 6.45) is -0.0209. The van der Waals surface area contributed by atoms with Crippen molar-refractivity contribution in [1.29, 1.82) is 0 Å². The monoisotopic (exact) mass is 410 g/mol. The summed E-state index contributed by atoms with van der Waals surface area (Å²) in [6.45, 7) is 3.81. The Morgan fingerprint density at radius 1 is 0.931 bits per heavy atom. The molecule has 29 heavy (non-hydrogen) atoms. The topological polar surface area (TPSA) is 76.7 Å². The molecule has 2 N–H and O–H groups in total. The third kappa shape index (κ3) is 4.94. The summed E-state index contributed by atoms with van der Waals surface area (Å²) in [5.74, 6) is 0.168. The van der Waals surface area contributed by atoms with E-state index in [0.717, 1.165) is 11.1 Å². The molecular formula is C22H22N2O4S. The smallest absolute Gasteiger partial charge is 0.280 e. The maximum absolute atomic E-state index is 12.6. The molecule has 1 heterocycles. The molecule has 6 nitrogen and oxygen atoms in total. The third-order valence-electron chi connectivity index (χ3n) is 4.03. The Hall–Kier alpha value is -3.32. The predicted molar refractivity (Wildman–Crippen MR) is 113 cm³/mol. The van der Waals surface area contributed by atoms with Crippen molar-refractivity contribution in [1.82, 2.24) is 10.9 Å². The lowest BCUT2D eigenvalue weighted by molar-refractivity contribution is 0.0849. The van der Waals surface area contributed by atoms with Crippen LogP contribution in [0.3, 0.4) is 0 Å². The van der Waals surface area contributed by atoms with Crippen LogP contribution in [0.25, 0.3) is 11.1 Å². The zero-order valence-corrected chi connectivity index (χ0v) is 17.2. The van der Waals surface area contributed by atoms with Crippen LogP contribution in [-0.4, -0.2) is 25.0 Å². The first kappa shape index (κ1) is 20.4. The summed E-state index contributed by atoms with van der Waals surface area (Å²) < 4.78 is 10.9. The Labute approximate surface area is 173 Å². The molecule has 7 heteroatoms. The number of rotatable bonds is 6. The quantitative estimate of drug-likeness (QED) is 0.595. The number of benzene rings is 2. The molecule has 0 spiro atoms. The second-order valence-electron chi connectivity index (χ2n) is 6.47. The first-order valence-corrected chi connectivity index (χ1v) is 9.96. The molecule has 0 aliphatic heterocycles. The molecule has 0 saturated carbocycles. The number of carbonyl (C=O) groups is 2. The van der Waals surface area contributed by atoms with Crippen LogP contribution in [0, 0.1) is 0 Å². The van der Waals surface area contributed by atoms with Gasteiger partial charge in [0, 0.05) is 11.1 Å². The van der Waals surface area contributed by atoms with Crippen molar-refractivity contribution in [2.75, 3.05) is 7.11 Å². The fourth-order valence-corrected chi connectivity index (χ4v) is 3.54. The van der Waals surface area contributed by atoms with E-state index in [1.807, 2.05) is 55.6 Å². The van der Waals surface area contributed by atoms with E-state index in [9.17, 15) is 9.59 Å². The van der Waals surface area contributed by atoms with Crippen LogP contribution >= 0.6 is 11.3 Å². The van der Waals surface area contributed by atoms with Gasteiger partial charge in [-0.15, -0.1) is 11.3 Å². The number of hydrazine groups is 1. The highest BCUT2D eigenvalue weighted by Gasteiger charge is 2.17. The second kappa shape index (κ2) is 9.25. The number of carbonyl (C=O) groups excluding carboxylic acids is 2. The first-order chi connectivity index (χ1) is 14.0. The van der Waals surface area contributed by atoms with Crippen LogP contribution < -0.4 is 20.3 Å². The highest BCUT2D eigenvalue weighted by Crippen LogP contribution is 2.29. The highest BCUT2D eigenvalue weighted by atomic mass is 32.1. The number of methoxy groups -OCH3 is 1. The van der Waals surface area contributed by atoms with Gasteiger partial charge < -0.3 is 9.47 Å². The lowest BCUT2D eigenvalue weighted by Crippen LogP contribution is -2.41. The summed E-state index contributed by atoms with van der Waals surface area (Å²) in [7, 11) is 1.51. The van der Waals surface area contributed by atoms with Gasteiger partial charge in [0.1, 0.15) is 4.88 Å². The normalized spacial score (nSPS) is 10.5. The van der Waals surface area contributed by atoms with E-state index < -0.39 is 5.91 Å². The SMILES string of the molecule is COc1cc(C(=O)NNC(=O)c2sccc2-c2ccccc2)ccc1OC(C)C. The van der Waals surface area contributed by atoms with E-state index in [1.165, 1.54) is 18.4 Å². The molecule has 2 amide bonds. The van der Waals surface area contributed by atoms with E-state index in [1.54, 1.807) is 18.2 Å². The van der Waals surface area contributed by atoms with Gasteiger partial charge in [0.25, 0.3) is 11.8 Å². The molecule has 0 saturated heterocycles. The molecule has 3 aromatic rings. The average Bonchev–Trinajstić information content (AvgIpc) is 3.22. The third-order valence-corrected chi connectivity index (χ3v) is 4.95. The van der Waals surface area contributed by atoms with E-state index in [4.69, 9.17) is 9.47 Å². The lowest BCUT2D eigenvalue weighted by Gasteiger charge is -2.14. The molecule has 150 valence electrons. The van der Waals surface area contributed by atoms with Crippen LogP contribution in [-0.2, 0) is 0 Å². The molecule has 0 radical (unpaired) electrons. The molecule has 0 aliphatic rings. The summed E-state index contributed by atoms with van der Waals surface area (Å²) in [5.41, 5.74) is 7.03. The van der Waals surface area contributed by atoms with E-state index in [2.05, 4.69) is 10.9 Å². The minimum atomic E-state index is -0.453. The van der Waals surface area contributed by atoms with Crippen LogP contribution in [0.5, 0.6) is 11.5 Å². The maximum atomic E-state index is 12.6. The van der Waals surface area contributed by atoms with Crippen molar-refractivity contribution in [3.8, 4) is 22.6 Å². The number of nitrogens with one attached hydrogen (secondary N) is 2. The lowest BCUT2D eigenvalue weighted by atomic mass is 10.1. The summed E-state index contributed by atoms with van der Waals surface area (Å²) >= 11 is 1.31. The van der Waals surface area contributed by atoms with Crippen molar-refractivity contribution in [2.24, 2.45) is 0 Å². The van der Waals surface area contributed by atoms with Crippen LogP contribution in [0.2, 0.25) is 0 Å². The standard InChI is InChI=1S/C22H22N2O4S/c1-14(2)28-18-10-9-16(13-19(18)27-3)21(25)23-24-22(26)20-17(11-12-29-20)15-7-5-4-6-8-15/h4-14H,1-3H3,(H,23,25)(H,24,26). The second-order valence-corrected chi connectivity index (χ2v) is 7.39. The molecule has 0 bridgehead atoms. The van der Waals surface area contributed by atoms with Crippen molar-refractivity contribution in [3.63, 3.8) is 0 Å². The highest BCUT2D eigenvalue weighted by molar-refractivity contribution is 7.12. The van der Waals surface area contributed by atoms with Gasteiger partial charge >= 0.3 is 0 Å². The fourth-order valence-electron chi connectivity index (χ4n) is 2.73. The molecule has 3 rings (SSSR count). The summed E-state index contributed by atoms with van der Waals surface area (Å²) in [6, 6.07) is 16.4. The summed E-state index contributed by atoms with van der Waals surface area (Å²) in [4.78, 5) is 25.6. The minimum Gasteiger partial charge on any atom is -0.493 e. The number of amides is 2. The molecular weight excluding hydrogens is 388 g/mol. The average molecular weight is 410 g/mol. The molecule has 1 aromatic heterocycles. The maximum Gasteiger partial charge on any atom is 0.280 e. The Balaban J connectivity index is 1.69. The van der Waals surface area contributed by atoms with Crippen LogP contribution in [0.15, 0.2) is 60.0 Å². The van der Waals surface area contributed by atoms with Gasteiger partial charge in [-0.1, -0.05) is 30.3 Å².